The quantitative estimate of drug-likeness (QED) is 0.651. The minimum atomic E-state index is -3.97. The van der Waals surface area contributed by atoms with E-state index in [1.807, 2.05) is 12.1 Å². The van der Waals surface area contributed by atoms with Crippen molar-refractivity contribution in [1.29, 1.82) is 0 Å². The van der Waals surface area contributed by atoms with E-state index in [1.165, 1.54) is 4.40 Å². The second-order valence-corrected chi connectivity index (χ2v) is 22.2. The molecule has 3 rings (SSSR count). The topological polar surface area (TPSA) is 79.4 Å². The van der Waals surface area contributed by atoms with E-state index in [2.05, 4.69) is 52.6 Å². The van der Waals surface area contributed by atoms with E-state index in [4.69, 9.17) is 0 Å². The van der Waals surface area contributed by atoms with Crippen molar-refractivity contribution >= 4 is 39.4 Å². The Balaban J connectivity index is 1.88. The molecule has 30 heavy (non-hydrogen) atoms. The third-order valence-electron chi connectivity index (χ3n) is 5.62. The van der Waals surface area contributed by atoms with Crippen molar-refractivity contribution in [1.82, 2.24) is 9.71 Å². The van der Waals surface area contributed by atoms with Crippen LogP contribution >= 0.6 is 0 Å². The molecular formula is C22H31GeN3O3S. The zero-order chi connectivity index (χ0) is 22.3. The fourth-order valence-electron chi connectivity index (χ4n) is 4.12. The van der Waals surface area contributed by atoms with Gasteiger partial charge in [-0.15, -0.1) is 0 Å². The summed E-state index contributed by atoms with van der Waals surface area (Å²) in [4.78, 5) is 19.6. The molecule has 8 heteroatoms. The summed E-state index contributed by atoms with van der Waals surface area (Å²) >= 11 is -2.05. The van der Waals surface area contributed by atoms with E-state index in [9.17, 15) is 13.2 Å². The van der Waals surface area contributed by atoms with Crippen molar-refractivity contribution < 1.29 is 13.2 Å². The summed E-state index contributed by atoms with van der Waals surface area (Å²) in [6.07, 6.45) is 2.61. The molecule has 1 saturated heterocycles. The zero-order valence-corrected chi connectivity index (χ0v) is 21.5. The van der Waals surface area contributed by atoms with Crippen molar-refractivity contribution in [3.63, 3.8) is 0 Å². The number of benzene rings is 1. The Hall–Kier alpha value is -1.87. The molecule has 1 aromatic heterocycles. The first kappa shape index (κ1) is 22.8. The van der Waals surface area contributed by atoms with Crippen LogP contribution < -0.4 is 14.0 Å². The molecule has 1 aliphatic heterocycles. The normalized spacial score (nSPS) is 19.0. The van der Waals surface area contributed by atoms with E-state index in [-0.39, 0.29) is 16.0 Å². The Morgan fingerprint density at radius 2 is 1.80 bits per heavy atom. The second kappa shape index (κ2) is 8.00. The first-order valence-electron chi connectivity index (χ1n) is 10.2. The van der Waals surface area contributed by atoms with Crippen LogP contribution in [0, 0.1) is 5.92 Å². The van der Waals surface area contributed by atoms with Gasteiger partial charge in [-0.1, -0.05) is 6.92 Å². The Morgan fingerprint density at radius 3 is 2.33 bits per heavy atom. The average molecular weight is 490 g/mol. The predicted molar refractivity (Wildman–Crippen MR) is 124 cm³/mol. The number of sulfonamides is 1. The van der Waals surface area contributed by atoms with Gasteiger partial charge in [0.2, 0.25) is 0 Å². The Bertz CT molecular complexity index is 1040. The van der Waals surface area contributed by atoms with E-state index in [1.54, 1.807) is 30.5 Å². The zero-order valence-electron chi connectivity index (χ0n) is 18.6. The number of nitrogens with one attached hydrogen (secondary N) is 1. The monoisotopic (exact) mass is 491 g/mol. The molecule has 0 aliphatic carbocycles. The molecular weight excluding hydrogens is 459 g/mol. The van der Waals surface area contributed by atoms with Gasteiger partial charge in [-0.2, -0.15) is 0 Å². The maximum absolute atomic E-state index is 13.0. The number of hydrogen-bond acceptors (Lipinski definition) is 5. The van der Waals surface area contributed by atoms with Gasteiger partial charge < -0.3 is 0 Å². The SMILES string of the molecule is C[C@@H]1CN(c2ncccc2C(=O)NS(=O)(=O)c2cc[c]([Ge]([CH3])([CH3])[CH3])cc2)C(C)(C)C1. The van der Waals surface area contributed by atoms with Crippen LogP contribution in [0.5, 0.6) is 0 Å². The fourth-order valence-corrected chi connectivity index (χ4v) is 7.53. The van der Waals surface area contributed by atoms with Gasteiger partial charge in [-0.25, -0.2) is 0 Å². The molecule has 1 amide bonds. The number of anilines is 1. The second-order valence-electron chi connectivity index (χ2n) is 9.82. The molecule has 0 radical (unpaired) electrons. The summed E-state index contributed by atoms with van der Waals surface area (Å²) < 4.78 is 29.1. The van der Waals surface area contributed by atoms with Crippen molar-refractivity contribution in [2.75, 3.05) is 11.4 Å². The molecule has 0 unspecified atom stereocenters. The summed E-state index contributed by atoms with van der Waals surface area (Å²) in [5, 5.41) is 0. The van der Waals surface area contributed by atoms with Crippen LogP contribution in [0.1, 0.15) is 37.6 Å². The molecule has 2 heterocycles. The van der Waals surface area contributed by atoms with Crippen LogP contribution in [0.2, 0.25) is 17.3 Å². The van der Waals surface area contributed by atoms with E-state index in [0.29, 0.717) is 11.7 Å². The summed E-state index contributed by atoms with van der Waals surface area (Å²) in [7, 11) is -3.97. The van der Waals surface area contributed by atoms with Crippen LogP contribution in [-0.2, 0) is 10.0 Å². The molecule has 2 aromatic rings. The number of hydrogen-bond donors (Lipinski definition) is 1. The van der Waals surface area contributed by atoms with E-state index < -0.39 is 29.2 Å². The van der Waals surface area contributed by atoms with Gasteiger partial charge in [0.15, 0.2) is 0 Å². The number of amides is 1. The van der Waals surface area contributed by atoms with E-state index in [0.717, 1.165) is 13.0 Å². The van der Waals surface area contributed by atoms with Gasteiger partial charge in [-0.05, 0) is 0 Å². The van der Waals surface area contributed by atoms with Gasteiger partial charge in [0.25, 0.3) is 0 Å². The Kier molecular flexibility index (Phi) is 6.08. The predicted octanol–water partition coefficient (Wildman–Crippen LogP) is 3.37. The summed E-state index contributed by atoms with van der Waals surface area (Å²) in [6.45, 7) is 7.17. The first-order chi connectivity index (χ1) is 13.8. The van der Waals surface area contributed by atoms with Crippen LogP contribution in [0.25, 0.3) is 0 Å². The number of pyridine rings is 1. The van der Waals surface area contributed by atoms with E-state index >= 15 is 0 Å². The number of nitrogens with zero attached hydrogens (tertiary/aromatic N) is 2. The van der Waals surface area contributed by atoms with Gasteiger partial charge in [-0.3, -0.25) is 0 Å². The van der Waals surface area contributed by atoms with Crippen molar-refractivity contribution in [3.8, 4) is 0 Å². The number of aromatic nitrogens is 1. The number of carbonyl (C=O) groups excluding carboxylic acids is 1. The van der Waals surface area contributed by atoms with Crippen LogP contribution in [0.15, 0.2) is 47.5 Å². The third kappa shape index (κ3) is 4.72. The third-order valence-corrected chi connectivity index (χ3v) is 11.3. The number of rotatable bonds is 5. The molecule has 1 N–H and O–H groups in total. The van der Waals surface area contributed by atoms with Crippen molar-refractivity contribution in [2.45, 2.75) is 54.9 Å². The average Bonchev–Trinajstić information content (AvgIpc) is 2.92. The Labute approximate surface area is 182 Å². The Morgan fingerprint density at radius 1 is 1.17 bits per heavy atom. The van der Waals surface area contributed by atoms with Crippen molar-refractivity contribution in [2.24, 2.45) is 5.92 Å². The van der Waals surface area contributed by atoms with Gasteiger partial charge >= 0.3 is 176 Å². The van der Waals surface area contributed by atoms with Crippen LogP contribution in [0.4, 0.5) is 5.82 Å². The molecule has 0 saturated carbocycles. The van der Waals surface area contributed by atoms with Gasteiger partial charge in [0.1, 0.15) is 0 Å². The summed E-state index contributed by atoms with van der Waals surface area (Å²) in [6, 6.07) is 10.2. The number of carbonyl (C=O) groups is 1. The minimum absolute atomic E-state index is 0.0896. The standard InChI is InChI=1S/C22H31GeN3O3S/c1-16-14-22(2,3)26(15-16)20-19(8-7-13-24-20)21(27)25-30(28,29)18-11-9-17(10-12-18)23(4,5)6/h7-13,16H,14-15H2,1-6H3,(H,25,27)/t16-/m0/s1. The molecule has 6 nitrogen and oxygen atoms in total. The molecule has 0 spiro atoms. The molecule has 1 fully saturated rings. The maximum atomic E-state index is 13.0. The summed E-state index contributed by atoms with van der Waals surface area (Å²) in [5.41, 5.74) is 0.111. The molecule has 1 aromatic carbocycles. The molecule has 162 valence electrons. The summed E-state index contributed by atoms with van der Waals surface area (Å²) in [5.74, 6) is 7.07. The van der Waals surface area contributed by atoms with Gasteiger partial charge in [0, 0.05) is 0 Å². The first-order valence-corrected chi connectivity index (χ1v) is 19.0. The van der Waals surface area contributed by atoms with Crippen molar-refractivity contribution in [3.05, 3.63) is 48.2 Å². The van der Waals surface area contributed by atoms with Crippen LogP contribution in [0.3, 0.4) is 0 Å². The van der Waals surface area contributed by atoms with Crippen LogP contribution in [-0.4, -0.2) is 44.7 Å². The molecule has 1 atom stereocenters. The van der Waals surface area contributed by atoms with Gasteiger partial charge in [0.05, 0.1) is 0 Å². The fraction of sp³-hybridized carbons (Fsp3) is 0.455. The molecule has 0 bridgehead atoms. The molecule has 1 aliphatic rings.